The Kier molecular flexibility index (Phi) is 7.12. The Morgan fingerprint density at radius 3 is 2.31 bits per heavy atom. The number of hydrogen-bond acceptors (Lipinski definition) is 7. The molecule has 9 heteroatoms. The molecule has 0 fully saturated rings. The second-order valence-electron chi connectivity index (χ2n) is 7.23. The van der Waals surface area contributed by atoms with E-state index in [0.29, 0.717) is 11.1 Å². The summed E-state index contributed by atoms with van der Waals surface area (Å²) in [6.07, 6.45) is 1.57. The first-order chi connectivity index (χ1) is 14.7. The number of nitrogens with two attached hydrogens (primary N) is 1. The van der Waals surface area contributed by atoms with Crippen LogP contribution in [-0.4, -0.2) is 18.0 Å². The maximum absolute atomic E-state index is 11.7. The predicted molar refractivity (Wildman–Crippen MR) is 120 cm³/mol. The van der Waals surface area contributed by atoms with E-state index in [0.717, 1.165) is 28.5 Å². The smallest absolute Gasteiger partial charge is 0.744 e. The number of aryl methyl sites for hydroxylation is 2. The third kappa shape index (κ3) is 4.90. The van der Waals surface area contributed by atoms with Gasteiger partial charge in [-0.15, -0.1) is 10.2 Å². The average molecular weight is 454 g/mol. The predicted octanol–water partition coefficient (Wildman–Crippen LogP) is 2.42. The third-order valence-electron chi connectivity index (χ3n) is 4.99. The number of pyridine rings is 1. The van der Waals surface area contributed by atoms with E-state index in [1.807, 2.05) is 32.0 Å². The van der Waals surface area contributed by atoms with Crippen molar-refractivity contribution in [2.24, 2.45) is 10.2 Å². The fourth-order valence-corrected chi connectivity index (χ4v) is 4.07. The molecule has 0 amide bonds. The fourth-order valence-electron chi connectivity index (χ4n) is 3.37. The summed E-state index contributed by atoms with van der Waals surface area (Å²) in [5.74, 6) is 0. The summed E-state index contributed by atoms with van der Waals surface area (Å²) >= 11 is 0. The van der Waals surface area contributed by atoms with E-state index in [2.05, 4.69) is 21.3 Å². The van der Waals surface area contributed by atoms with Crippen molar-refractivity contribution in [2.75, 3.05) is 5.73 Å². The summed E-state index contributed by atoms with van der Waals surface area (Å²) in [7, 11) is -4.72. The van der Waals surface area contributed by atoms with E-state index in [-0.39, 0.29) is 51.2 Å². The summed E-state index contributed by atoms with van der Waals surface area (Å²) in [4.78, 5) is 4.08. The van der Waals surface area contributed by atoms with Crippen LogP contribution in [0, 0.1) is 13.8 Å². The molecule has 0 aliphatic rings. The molecule has 156 valence electrons. The topological polar surface area (TPSA) is 121 Å². The number of nitrogen functional groups attached to an aromatic ring is 1. The van der Waals surface area contributed by atoms with E-state index in [9.17, 15) is 13.0 Å². The van der Waals surface area contributed by atoms with E-state index in [4.69, 9.17) is 5.73 Å². The number of benzene rings is 3. The second-order valence-corrected chi connectivity index (χ2v) is 8.58. The van der Waals surface area contributed by atoms with Crippen LogP contribution in [0.25, 0.3) is 22.0 Å². The second kappa shape index (κ2) is 9.48. The molecule has 32 heavy (non-hydrogen) atoms. The van der Waals surface area contributed by atoms with Gasteiger partial charge in [-0.1, -0.05) is 42.0 Å². The molecular formula is C23H19N4NaO3S. The molecule has 0 bridgehead atoms. The molecule has 0 aliphatic heterocycles. The zero-order valence-corrected chi connectivity index (χ0v) is 20.7. The third-order valence-corrected chi connectivity index (χ3v) is 5.86. The summed E-state index contributed by atoms with van der Waals surface area (Å²) in [6, 6.07) is 17.4. The number of anilines is 1. The monoisotopic (exact) mass is 454 g/mol. The first-order valence-corrected chi connectivity index (χ1v) is 10.9. The van der Waals surface area contributed by atoms with Crippen LogP contribution < -0.4 is 35.3 Å². The van der Waals surface area contributed by atoms with Gasteiger partial charge in [0.15, 0.2) is 0 Å². The Labute approximate surface area is 208 Å². The average Bonchev–Trinajstić information content (AvgIpc) is 2.75. The van der Waals surface area contributed by atoms with E-state index in [1.54, 1.807) is 30.5 Å². The normalized spacial score (nSPS) is 11.6. The zero-order valence-electron chi connectivity index (χ0n) is 17.9. The van der Waals surface area contributed by atoms with Crippen LogP contribution in [-0.2, 0) is 10.1 Å². The van der Waals surface area contributed by atoms with Crippen LogP contribution in [0.1, 0.15) is 11.1 Å². The first-order valence-electron chi connectivity index (χ1n) is 9.46. The largest absolute Gasteiger partial charge is 1.00 e. The Bertz CT molecular complexity index is 1440. The van der Waals surface area contributed by atoms with Gasteiger partial charge in [-0.3, -0.25) is 4.98 Å². The number of rotatable bonds is 4. The number of hydrogen-bond donors (Lipinski definition) is 1. The minimum absolute atomic E-state index is 0. The van der Waals surface area contributed by atoms with Gasteiger partial charge in [0.05, 0.1) is 22.5 Å². The van der Waals surface area contributed by atoms with Crippen LogP contribution in [0.3, 0.4) is 0 Å². The molecule has 1 aromatic heterocycles. The molecule has 0 radical (unpaired) electrons. The van der Waals surface area contributed by atoms with Gasteiger partial charge in [0.1, 0.15) is 21.5 Å². The minimum Gasteiger partial charge on any atom is -0.744 e. The summed E-state index contributed by atoms with van der Waals surface area (Å²) in [5, 5.41) is 8.90. The first kappa shape index (κ1) is 24.0. The number of azo groups is 1. The maximum atomic E-state index is 11.7. The summed E-state index contributed by atoms with van der Waals surface area (Å²) < 4.78 is 35.2. The SMILES string of the molecule is Cc1ccc(C)c(-c2ccc(N=Nc3cc(S(=O)(=O)[O-])c4ccccc4c3N)cn2)c1.[Na+]. The Hall–Kier alpha value is -2.62. The van der Waals surface area contributed by atoms with Gasteiger partial charge in [-0.05, 0) is 43.7 Å². The molecule has 0 saturated heterocycles. The van der Waals surface area contributed by atoms with Crippen molar-refractivity contribution in [1.29, 1.82) is 0 Å². The van der Waals surface area contributed by atoms with Crippen LogP contribution in [0.15, 0.2) is 82.0 Å². The molecular weight excluding hydrogens is 435 g/mol. The number of nitrogens with zero attached hydrogens (tertiary/aromatic N) is 3. The van der Waals surface area contributed by atoms with Crippen molar-refractivity contribution < 1.29 is 42.5 Å². The van der Waals surface area contributed by atoms with Crippen LogP contribution in [0.2, 0.25) is 0 Å². The molecule has 0 unspecified atom stereocenters. The van der Waals surface area contributed by atoms with E-state index in [1.165, 1.54) is 6.07 Å². The molecule has 0 saturated carbocycles. The molecule has 0 atom stereocenters. The Morgan fingerprint density at radius 1 is 0.938 bits per heavy atom. The van der Waals surface area contributed by atoms with E-state index >= 15 is 0 Å². The molecule has 1 heterocycles. The summed E-state index contributed by atoms with van der Waals surface area (Å²) in [6.45, 7) is 4.05. The quantitative estimate of drug-likeness (QED) is 0.220. The van der Waals surface area contributed by atoms with Crippen molar-refractivity contribution in [1.82, 2.24) is 4.98 Å². The molecule has 0 spiro atoms. The Morgan fingerprint density at radius 2 is 1.66 bits per heavy atom. The standard InChI is InChI=1S/C23H20N4O3S.Na/c1-14-7-8-15(2)19(11-14)20-10-9-16(13-25-20)26-27-21-12-22(31(28,29)30)17-5-3-4-6-18(17)23(21)24;/h3-13H,24H2,1-2H3,(H,28,29,30);/q;+1/p-1. The molecule has 3 aromatic carbocycles. The van der Waals surface area contributed by atoms with Gasteiger partial charge in [-0.2, -0.15) is 0 Å². The van der Waals surface area contributed by atoms with Gasteiger partial charge in [0.2, 0.25) is 0 Å². The van der Waals surface area contributed by atoms with Crippen LogP contribution >= 0.6 is 0 Å². The maximum Gasteiger partial charge on any atom is 1.00 e. The van der Waals surface area contributed by atoms with Crippen molar-refractivity contribution in [3.8, 4) is 11.3 Å². The van der Waals surface area contributed by atoms with Crippen molar-refractivity contribution in [3.05, 3.63) is 78.0 Å². The Balaban J connectivity index is 0.00000289. The molecule has 2 N–H and O–H groups in total. The van der Waals surface area contributed by atoms with Crippen molar-refractivity contribution in [3.63, 3.8) is 0 Å². The number of aromatic nitrogens is 1. The molecule has 0 aliphatic carbocycles. The van der Waals surface area contributed by atoms with Gasteiger partial charge in [-0.25, -0.2) is 8.42 Å². The van der Waals surface area contributed by atoms with Crippen LogP contribution in [0.4, 0.5) is 17.1 Å². The fraction of sp³-hybridized carbons (Fsp3) is 0.0870. The minimum atomic E-state index is -4.72. The van der Waals surface area contributed by atoms with Gasteiger partial charge >= 0.3 is 29.6 Å². The number of fused-ring (bicyclic) bond motifs is 1. The van der Waals surface area contributed by atoms with Crippen LogP contribution in [0.5, 0.6) is 0 Å². The van der Waals surface area contributed by atoms with Crippen molar-refractivity contribution >= 4 is 38.0 Å². The zero-order chi connectivity index (χ0) is 22.2. The van der Waals surface area contributed by atoms with Crippen molar-refractivity contribution in [2.45, 2.75) is 18.7 Å². The van der Waals surface area contributed by atoms with Gasteiger partial charge < -0.3 is 10.3 Å². The summed E-state index contributed by atoms with van der Waals surface area (Å²) in [5.41, 5.74) is 11.1. The van der Waals surface area contributed by atoms with E-state index < -0.39 is 10.1 Å². The van der Waals surface area contributed by atoms with Gasteiger partial charge in [0.25, 0.3) is 0 Å². The molecule has 4 aromatic rings. The molecule has 4 rings (SSSR count). The molecule has 7 nitrogen and oxygen atoms in total. The van der Waals surface area contributed by atoms with Gasteiger partial charge in [0, 0.05) is 16.3 Å².